The van der Waals surface area contributed by atoms with Gasteiger partial charge in [0.15, 0.2) is 0 Å². The number of halogens is 2. The first-order valence-corrected chi connectivity index (χ1v) is 5.88. The Morgan fingerprint density at radius 1 is 1.00 bits per heavy atom. The summed E-state index contributed by atoms with van der Waals surface area (Å²) in [6, 6.07) is 12.5. The molecular weight excluding hydrogens is 257 g/mol. The molecule has 2 aromatic rings. The largest absolute Gasteiger partial charge is 0.508 e. The van der Waals surface area contributed by atoms with Crippen LogP contribution < -0.4 is 5.32 Å². The van der Waals surface area contributed by atoms with Crippen LogP contribution in [0.1, 0.15) is 5.56 Å². The molecule has 0 aliphatic heterocycles. The van der Waals surface area contributed by atoms with Crippen molar-refractivity contribution in [2.75, 3.05) is 5.32 Å². The molecule has 0 aliphatic rings. The first kappa shape index (κ1) is 12.1. The number of rotatable bonds is 3. The highest BCUT2D eigenvalue weighted by Crippen LogP contribution is 2.25. The second-order valence-electron chi connectivity index (χ2n) is 3.61. The molecule has 2 rings (SSSR count). The van der Waals surface area contributed by atoms with Crippen LogP contribution in [-0.2, 0) is 6.54 Å². The van der Waals surface area contributed by atoms with Crippen molar-refractivity contribution in [1.29, 1.82) is 0 Å². The van der Waals surface area contributed by atoms with E-state index in [1.807, 2.05) is 18.2 Å². The van der Waals surface area contributed by atoms with E-state index in [9.17, 15) is 5.11 Å². The molecule has 0 aromatic heterocycles. The molecule has 17 heavy (non-hydrogen) atoms. The zero-order valence-corrected chi connectivity index (χ0v) is 10.5. The molecule has 0 radical (unpaired) electrons. The summed E-state index contributed by atoms with van der Waals surface area (Å²) < 4.78 is 0. The topological polar surface area (TPSA) is 32.3 Å². The number of hydrogen-bond donors (Lipinski definition) is 2. The highest BCUT2D eigenvalue weighted by molar-refractivity contribution is 6.42. The fourth-order valence-corrected chi connectivity index (χ4v) is 1.76. The predicted molar refractivity (Wildman–Crippen MR) is 71.9 cm³/mol. The summed E-state index contributed by atoms with van der Waals surface area (Å²) in [7, 11) is 0. The highest BCUT2D eigenvalue weighted by atomic mass is 35.5. The number of benzene rings is 2. The summed E-state index contributed by atoms with van der Waals surface area (Å²) in [5, 5.41) is 13.8. The standard InChI is InChI=1S/C13H11Cl2NO/c14-11-6-5-10(7-12(11)15)16-8-9-3-1-2-4-13(9)17/h1-7,16-17H,8H2. The summed E-state index contributed by atoms with van der Waals surface area (Å²) >= 11 is 11.7. The molecule has 0 bridgehead atoms. The number of para-hydroxylation sites is 1. The summed E-state index contributed by atoms with van der Waals surface area (Å²) in [6.07, 6.45) is 0. The number of phenols is 1. The minimum atomic E-state index is 0.278. The molecule has 0 heterocycles. The van der Waals surface area contributed by atoms with Gasteiger partial charge >= 0.3 is 0 Å². The number of nitrogens with one attached hydrogen (secondary N) is 1. The van der Waals surface area contributed by atoms with E-state index in [4.69, 9.17) is 23.2 Å². The molecule has 0 atom stereocenters. The number of anilines is 1. The average molecular weight is 268 g/mol. The van der Waals surface area contributed by atoms with E-state index < -0.39 is 0 Å². The Morgan fingerprint density at radius 3 is 2.47 bits per heavy atom. The van der Waals surface area contributed by atoms with E-state index in [0.29, 0.717) is 16.6 Å². The lowest BCUT2D eigenvalue weighted by Crippen LogP contribution is -1.99. The Labute approximate surface area is 110 Å². The molecule has 2 nitrogen and oxygen atoms in total. The zero-order valence-electron chi connectivity index (χ0n) is 8.95. The van der Waals surface area contributed by atoms with Gasteiger partial charge in [-0.15, -0.1) is 0 Å². The van der Waals surface area contributed by atoms with Gasteiger partial charge in [0.1, 0.15) is 5.75 Å². The van der Waals surface area contributed by atoms with Gasteiger partial charge in [0, 0.05) is 17.8 Å². The maximum absolute atomic E-state index is 9.60. The van der Waals surface area contributed by atoms with E-state index in [-0.39, 0.29) is 5.75 Å². The van der Waals surface area contributed by atoms with Crippen molar-refractivity contribution in [3.05, 3.63) is 58.1 Å². The first-order valence-electron chi connectivity index (χ1n) is 5.12. The molecule has 2 aromatic carbocycles. The molecule has 0 fully saturated rings. The monoisotopic (exact) mass is 267 g/mol. The van der Waals surface area contributed by atoms with Crippen molar-refractivity contribution in [3.63, 3.8) is 0 Å². The molecule has 0 aliphatic carbocycles. The summed E-state index contributed by atoms with van der Waals surface area (Å²) in [6.45, 7) is 0.532. The van der Waals surface area contributed by atoms with Crippen LogP contribution >= 0.6 is 23.2 Å². The van der Waals surface area contributed by atoms with E-state index >= 15 is 0 Å². The van der Waals surface area contributed by atoms with Crippen LogP contribution in [0.2, 0.25) is 10.0 Å². The van der Waals surface area contributed by atoms with Crippen LogP contribution in [0.3, 0.4) is 0 Å². The van der Waals surface area contributed by atoms with Crippen LogP contribution in [0.25, 0.3) is 0 Å². The maximum atomic E-state index is 9.60. The van der Waals surface area contributed by atoms with Crippen molar-refractivity contribution in [3.8, 4) is 5.75 Å². The number of aromatic hydroxyl groups is 1. The van der Waals surface area contributed by atoms with Gasteiger partial charge in [-0.25, -0.2) is 0 Å². The van der Waals surface area contributed by atoms with Gasteiger partial charge in [0.25, 0.3) is 0 Å². The lowest BCUT2D eigenvalue weighted by Gasteiger charge is -2.08. The van der Waals surface area contributed by atoms with E-state index in [1.54, 1.807) is 24.3 Å². The van der Waals surface area contributed by atoms with Crippen LogP contribution in [0.15, 0.2) is 42.5 Å². The zero-order chi connectivity index (χ0) is 12.3. The van der Waals surface area contributed by atoms with E-state index in [1.165, 1.54) is 0 Å². The van der Waals surface area contributed by atoms with Crippen molar-refractivity contribution < 1.29 is 5.11 Å². The normalized spacial score (nSPS) is 10.2. The van der Waals surface area contributed by atoms with Crippen LogP contribution in [0, 0.1) is 0 Å². The molecule has 2 N–H and O–H groups in total. The van der Waals surface area contributed by atoms with Crippen LogP contribution in [0.4, 0.5) is 5.69 Å². The summed E-state index contributed by atoms with van der Waals surface area (Å²) in [5.41, 5.74) is 1.70. The summed E-state index contributed by atoms with van der Waals surface area (Å²) in [5.74, 6) is 0.278. The molecule has 0 saturated heterocycles. The highest BCUT2D eigenvalue weighted by Gasteiger charge is 2.01. The molecule has 88 valence electrons. The van der Waals surface area contributed by atoms with Crippen molar-refractivity contribution in [2.24, 2.45) is 0 Å². The van der Waals surface area contributed by atoms with Gasteiger partial charge in [0.05, 0.1) is 10.0 Å². The Bertz CT molecular complexity index is 529. The Hall–Kier alpha value is -1.38. The quantitative estimate of drug-likeness (QED) is 0.869. The molecule has 0 unspecified atom stereocenters. The molecule has 0 spiro atoms. The van der Waals surface area contributed by atoms with E-state index in [0.717, 1.165) is 11.3 Å². The number of hydrogen-bond acceptors (Lipinski definition) is 2. The molecular formula is C13H11Cl2NO. The van der Waals surface area contributed by atoms with Gasteiger partial charge in [-0.05, 0) is 24.3 Å². The Balaban J connectivity index is 2.08. The molecule has 0 amide bonds. The third-order valence-electron chi connectivity index (χ3n) is 2.39. The average Bonchev–Trinajstić information content (AvgIpc) is 2.32. The lowest BCUT2D eigenvalue weighted by atomic mass is 10.2. The fraction of sp³-hybridized carbons (Fsp3) is 0.0769. The van der Waals surface area contributed by atoms with Gasteiger partial charge in [-0.1, -0.05) is 41.4 Å². The maximum Gasteiger partial charge on any atom is 0.120 e. The van der Waals surface area contributed by atoms with Crippen LogP contribution in [0.5, 0.6) is 5.75 Å². The second kappa shape index (κ2) is 5.30. The predicted octanol–water partition coefficient (Wildman–Crippen LogP) is 4.31. The van der Waals surface area contributed by atoms with Crippen molar-refractivity contribution >= 4 is 28.9 Å². The van der Waals surface area contributed by atoms with Gasteiger partial charge < -0.3 is 10.4 Å². The minimum absolute atomic E-state index is 0.278. The second-order valence-corrected chi connectivity index (χ2v) is 4.43. The van der Waals surface area contributed by atoms with Gasteiger partial charge in [-0.2, -0.15) is 0 Å². The SMILES string of the molecule is Oc1ccccc1CNc1ccc(Cl)c(Cl)c1. The molecule has 4 heteroatoms. The molecule has 0 saturated carbocycles. The first-order chi connectivity index (χ1) is 8.16. The lowest BCUT2D eigenvalue weighted by molar-refractivity contribution is 0.469. The Kier molecular flexibility index (Phi) is 3.77. The van der Waals surface area contributed by atoms with Crippen molar-refractivity contribution in [1.82, 2.24) is 0 Å². The third-order valence-corrected chi connectivity index (χ3v) is 3.13. The number of phenolic OH excluding ortho intramolecular Hbond substituents is 1. The van der Waals surface area contributed by atoms with Crippen LogP contribution in [-0.4, -0.2) is 5.11 Å². The Morgan fingerprint density at radius 2 is 1.76 bits per heavy atom. The smallest absolute Gasteiger partial charge is 0.120 e. The van der Waals surface area contributed by atoms with Gasteiger partial charge in [0.2, 0.25) is 0 Å². The van der Waals surface area contributed by atoms with E-state index in [2.05, 4.69) is 5.32 Å². The fourth-order valence-electron chi connectivity index (χ4n) is 1.46. The summed E-state index contributed by atoms with van der Waals surface area (Å²) in [4.78, 5) is 0. The minimum Gasteiger partial charge on any atom is -0.508 e. The van der Waals surface area contributed by atoms with Gasteiger partial charge in [-0.3, -0.25) is 0 Å². The third kappa shape index (κ3) is 3.05. The van der Waals surface area contributed by atoms with Crippen molar-refractivity contribution in [2.45, 2.75) is 6.54 Å².